The molecule has 0 aliphatic heterocycles. The largest absolute Gasteiger partial charge is 0.336 e. The Morgan fingerprint density at radius 3 is 2.44 bits per heavy atom. The molecule has 5 heteroatoms. The Morgan fingerprint density at radius 2 is 1.76 bits per heavy atom. The topological polar surface area (TPSA) is 49.4 Å². The van der Waals surface area contributed by atoms with Crippen LogP contribution < -0.4 is 5.32 Å². The van der Waals surface area contributed by atoms with E-state index in [1.165, 1.54) is 4.90 Å². The second-order valence-corrected chi connectivity index (χ2v) is 6.37. The predicted octanol–water partition coefficient (Wildman–Crippen LogP) is 3.93. The molecule has 0 unspecified atom stereocenters. The Kier molecular flexibility index (Phi) is 7.02. The van der Waals surface area contributed by atoms with E-state index < -0.39 is 0 Å². The van der Waals surface area contributed by atoms with E-state index in [0.717, 1.165) is 23.2 Å². The van der Waals surface area contributed by atoms with Gasteiger partial charge in [0.25, 0.3) is 0 Å². The van der Waals surface area contributed by atoms with Gasteiger partial charge in [-0.05, 0) is 42.2 Å². The molecule has 0 radical (unpaired) electrons. The van der Waals surface area contributed by atoms with Crippen molar-refractivity contribution in [2.24, 2.45) is 0 Å². The van der Waals surface area contributed by atoms with Gasteiger partial charge in [0.1, 0.15) is 0 Å². The van der Waals surface area contributed by atoms with Crippen LogP contribution in [-0.2, 0) is 22.4 Å². The van der Waals surface area contributed by atoms with Crippen molar-refractivity contribution in [3.05, 3.63) is 64.7 Å². The van der Waals surface area contributed by atoms with Gasteiger partial charge in [-0.1, -0.05) is 48.9 Å². The zero-order chi connectivity index (χ0) is 18.2. The van der Waals surface area contributed by atoms with Crippen LogP contribution in [-0.4, -0.2) is 30.3 Å². The number of aryl methyl sites for hydroxylation is 2. The second kappa shape index (κ2) is 9.23. The van der Waals surface area contributed by atoms with Crippen LogP contribution in [0.3, 0.4) is 0 Å². The molecule has 0 atom stereocenters. The van der Waals surface area contributed by atoms with E-state index in [4.69, 9.17) is 11.6 Å². The van der Waals surface area contributed by atoms with Crippen LogP contribution in [0.5, 0.6) is 0 Å². The minimum absolute atomic E-state index is 0.0392. The summed E-state index contributed by atoms with van der Waals surface area (Å²) in [6.07, 6.45) is 1.82. The number of carbonyl (C=O) groups excluding carboxylic acids is 2. The molecular formula is C20H23ClN2O2. The van der Waals surface area contributed by atoms with E-state index in [1.807, 2.05) is 55.5 Å². The maximum absolute atomic E-state index is 12.2. The lowest BCUT2D eigenvalue weighted by Crippen LogP contribution is -2.35. The number of hydrogen-bond donors (Lipinski definition) is 1. The molecule has 1 N–H and O–H groups in total. The highest BCUT2D eigenvalue weighted by molar-refractivity contribution is 6.30. The van der Waals surface area contributed by atoms with Gasteiger partial charge in [-0.3, -0.25) is 9.59 Å². The number of anilines is 1. The van der Waals surface area contributed by atoms with E-state index in [1.54, 1.807) is 7.05 Å². The predicted molar refractivity (Wildman–Crippen MR) is 102 cm³/mol. The number of likely N-dealkylation sites (N-methyl/N-ethyl adjacent to an activating group) is 1. The quantitative estimate of drug-likeness (QED) is 0.815. The van der Waals surface area contributed by atoms with Crippen LogP contribution >= 0.6 is 11.6 Å². The summed E-state index contributed by atoms with van der Waals surface area (Å²) in [6.45, 7) is 2.08. The van der Waals surface area contributed by atoms with E-state index >= 15 is 0 Å². The molecule has 25 heavy (non-hydrogen) atoms. The third-order valence-electron chi connectivity index (χ3n) is 4.02. The summed E-state index contributed by atoms with van der Waals surface area (Å²) in [5, 5.41) is 3.56. The van der Waals surface area contributed by atoms with Crippen molar-refractivity contribution in [1.29, 1.82) is 0 Å². The fourth-order valence-electron chi connectivity index (χ4n) is 2.54. The zero-order valence-corrected chi connectivity index (χ0v) is 15.3. The highest BCUT2D eigenvalue weighted by Gasteiger charge is 2.14. The van der Waals surface area contributed by atoms with Gasteiger partial charge in [0.05, 0.1) is 6.54 Å². The van der Waals surface area contributed by atoms with Crippen molar-refractivity contribution in [2.45, 2.75) is 26.2 Å². The minimum Gasteiger partial charge on any atom is -0.336 e. The van der Waals surface area contributed by atoms with Gasteiger partial charge < -0.3 is 10.2 Å². The molecule has 4 nitrogen and oxygen atoms in total. The molecule has 0 aliphatic carbocycles. The lowest BCUT2D eigenvalue weighted by atomic mass is 10.1. The van der Waals surface area contributed by atoms with Crippen molar-refractivity contribution >= 4 is 29.1 Å². The van der Waals surface area contributed by atoms with Crippen molar-refractivity contribution in [1.82, 2.24) is 4.90 Å². The zero-order valence-electron chi connectivity index (χ0n) is 14.6. The van der Waals surface area contributed by atoms with Crippen LogP contribution in [0.1, 0.15) is 24.5 Å². The van der Waals surface area contributed by atoms with Crippen LogP contribution in [0.2, 0.25) is 5.02 Å². The SMILES string of the molecule is CCc1ccccc1NC(=O)CN(C)C(=O)CCc1ccc(Cl)cc1. The van der Waals surface area contributed by atoms with Gasteiger partial charge in [-0.15, -0.1) is 0 Å². The molecule has 0 heterocycles. The van der Waals surface area contributed by atoms with E-state index in [-0.39, 0.29) is 18.4 Å². The van der Waals surface area contributed by atoms with Gasteiger partial charge in [0, 0.05) is 24.2 Å². The van der Waals surface area contributed by atoms with Crippen LogP contribution in [0, 0.1) is 0 Å². The summed E-state index contributed by atoms with van der Waals surface area (Å²) in [5.74, 6) is -0.253. The first-order valence-electron chi connectivity index (χ1n) is 8.35. The molecule has 0 fully saturated rings. The number of nitrogens with one attached hydrogen (secondary N) is 1. The minimum atomic E-state index is -0.191. The van der Waals surface area contributed by atoms with Gasteiger partial charge in [-0.25, -0.2) is 0 Å². The number of para-hydroxylation sites is 1. The van der Waals surface area contributed by atoms with Crippen molar-refractivity contribution in [3.63, 3.8) is 0 Å². The first-order chi connectivity index (χ1) is 12.0. The van der Waals surface area contributed by atoms with Gasteiger partial charge in [0.15, 0.2) is 0 Å². The van der Waals surface area contributed by atoms with Gasteiger partial charge in [0.2, 0.25) is 11.8 Å². The molecule has 0 saturated heterocycles. The molecule has 2 amide bonds. The van der Waals surface area contributed by atoms with Gasteiger partial charge >= 0.3 is 0 Å². The van der Waals surface area contributed by atoms with Crippen molar-refractivity contribution in [2.75, 3.05) is 18.9 Å². The Labute approximate surface area is 153 Å². The van der Waals surface area contributed by atoms with Crippen LogP contribution in [0.4, 0.5) is 5.69 Å². The Balaban J connectivity index is 1.83. The average Bonchev–Trinajstić information content (AvgIpc) is 2.61. The molecule has 2 aromatic carbocycles. The lowest BCUT2D eigenvalue weighted by molar-refractivity contribution is -0.133. The summed E-state index contributed by atoms with van der Waals surface area (Å²) in [6, 6.07) is 15.1. The summed E-state index contributed by atoms with van der Waals surface area (Å²) in [5.41, 5.74) is 2.93. The number of benzene rings is 2. The lowest BCUT2D eigenvalue weighted by Gasteiger charge is -2.17. The number of nitrogens with zero attached hydrogens (tertiary/aromatic N) is 1. The van der Waals surface area contributed by atoms with Crippen molar-refractivity contribution in [3.8, 4) is 0 Å². The molecule has 0 aromatic heterocycles. The number of carbonyl (C=O) groups is 2. The molecule has 0 bridgehead atoms. The van der Waals surface area contributed by atoms with Gasteiger partial charge in [-0.2, -0.15) is 0 Å². The first-order valence-corrected chi connectivity index (χ1v) is 8.73. The number of hydrogen-bond acceptors (Lipinski definition) is 2. The standard InChI is InChI=1S/C20H23ClN2O2/c1-3-16-6-4-5-7-18(16)22-19(24)14-23(2)20(25)13-10-15-8-11-17(21)12-9-15/h4-9,11-12H,3,10,13-14H2,1-2H3,(H,22,24). The maximum atomic E-state index is 12.2. The van der Waals surface area contributed by atoms with E-state index in [9.17, 15) is 9.59 Å². The highest BCUT2D eigenvalue weighted by Crippen LogP contribution is 2.15. The summed E-state index contributed by atoms with van der Waals surface area (Å²) in [4.78, 5) is 25.9. The van der Waals surface area contributed by atoms with Crippen molar-refractivity contribution < 1.29 is 9.59 Å². The fourth-order valence-corrected chi connectivity index (χ4v) is 2.66. The smallest absolute Gasteiger partial charge is 0.243 e. The molecule has 0 spiro atoms. The third-order valence-corrected chi connectivity index (χ3v) is 4.27. The Bertz CT molecular complexity index is 729. The van der Waals surface area contributed by atoms with E-state index in [2.05, 4.69) is 5.32 Å². The summed E-state index contributed by atoms with van der Waals surface area (Å²) >= 11 is 5.85. The van der Waals surface area contributed by atoms with Crippen LogP contribution in [0.15, 0.2) is 48.5 Å². The fraction of sp³-hybridized carbons (Fsp3) is 0.300. The molecule has 132 valence electrons. The summed E-state index contributed by atoms with van der Waals surface area (Å²) in [7, 11) is 1.65. The molecular weight excluding hydrogens is 336 g/mol. The molecule has 2 aromatic rings. The monoisotopic (exact) mass is 358 g/mol. The van der Waals surface area contributed by atoms with Crippen LogP contribution in [0.25, 0.3) is 0 Å². The number of halogens is 1. The second-order valence-electron chi connectivity index (χ2n) is 5.94. The summed E-state index contributed by atoms with van der Waals surface area (Å²) < 4.78 is 0. The Hall–Kier alpha value is -2.33. The Morgan fingerprint density at radius 1 is 1.08 bits per heavy atom. The first kappa shape index (κ1) is 19.0. The normalized spacial score (nSPS) is 10.4. The molecule has 0 aliphatic rings. The maximum Gasteiger partial charge on any atom is 0.243 e. The third kappa shape index (κ3) is 5.91. The average molecular weight is 359 g/mol. The van der Waals surface area contributed by atoms with E-state index in [0.29, 0.717) is 17.9 Å². The molecule has 2 rings (SSSR count). The molecule has 0 saturated carbocycles. The number of amides is 2. The number of rotatable bonds is 7. The highest BCUT2D eigenvalue weighted by atomic mass is 35.5.